The smallest absolute Gasteiger partial charge is 0.335 e. The third-order valence-electron chi connectivity index (χ3n) is 3.01. The van der Waals surface area contributed by atoms with Crippen LogP contribution in [0.1, 0.15) is 15.9 Å². The van der Waals surface area contributed by atoms with Gasteiger partial charge in [-0.1, -0.05) is 6.07 Å². The van der Waals surface area contributed by atoms with Gasteiger partial charge in [-0.05, 0) is 48.9 Å². The third-order valence-corrected chi connectivity index (χ3v) is 4.02. The van der Waals surface area contributed by atoms with E-state index in [9.17, 15) is 9.59 Å². The van der Waals surface area contributed by atoms with Crippen LogP contribution in [0.2, 0.25) is 0 Å². The normalized spacial score (nSPS) is 10.2. The number of carboxylic acids is 1. The largest absolute Gasteiger partial charge is 0.478 e. The maximum Gasteiger partial charge on any atom is 0.335 e. The number of thioether (sulfide) groups is 1. The van der Waals surface area contributed by atoms with Crippen molar-refractivity contribution in [2.75, 3.05) is 16.8 Å². The van der Waals surface area contributed by atoms with Gasteiger partial charge in [0.05, 0.1) is 11.3 Å². The number of hydrogen-bond acceptors (Lipinski definition) is 4. The van der Waals surface area contributed by atoms with Crippen molar-refractivity contribution in [2.45, 2.75) is 11.8 Å². The maximum atomic E-state index is 12.0. The predicted molar refractivity (Wildman–Crippen MR) is 88.3 cm³/mol. The van der Waals surface area contributed by atoms with Crippen LogP contribution < -0.4 is 11.1 Å². The zero-order valence-electron chi connectivity index (χ0n) is 12.0. The molecule has 0 bridgehead atoms. The standard InChI is InChI=1S/C16H16N2O3S/c1-10-2-3-11(16(20)21)8-14(10)18-15(19)9-22-13-6-4-12(17)5-7-13/h2-8H,9,17H2,1H3,(H,18,19)(H,20,21). The molecule has 0 fully saturated rings. The fourth-order valence-electron chi connectivity index (χ4n) is 1.79. The van der Waals surface area contributed by atoms with E-state index in [2.05, 4.69) is 5.32 Å². The van der Waals surface area contributed by atoms with E-state index in [0.29, 0.717) is 11.4 Å². The monoisotopic (exact) mass is 316 g/mol. The number of carboxylic acid groups (broad SMARTS) is 1. The number of hydrogen-bond donors (Lipinski definition) is 3. The molecule has 0 saturated carbocycles. The number of anilines is 2. The molecule has 4 N–H and O–H groups in total. The summed E-state index contributed by atoms with van der Waals surface area (Å²) in [6, 6.07) is 11.9. The summed E-state index contributed by atoms with van der Waals surface area (Å²) in [4.78, 5) is 23.9. The quantitative estimate of drug-likeness (QED) is 0.582. The average molecular weight is 316 g/mol. The van der Waals surface area contributed by atoms with Gasteiger partial charge in [0.2, 0.25) is 5.91 Å². The molecule has 2 rings (SSSR count). The lowest BCUT2D eigenvalue weighted by atomic mass is 10.1. The molecule has 0 aliphatic heterocycles. The third kappa shape index (κ3) is 4.26. The molecular weight excluding hydrogens is 300 g/mol. The Morgan fingerprint density at radius 3 is 2.50 bits per heavy atom. The lowest BCUT2D eigenvalue weighted by Crippen LogP contribution is -2.15. The summed E-state index contributed by atoms with van der Waals surface area (Å²) in [7, 11) is 0. The van der Waals surface area contributed by atoms with Crippen LogP contribution in [-0.4, -0.2) is 22.7 Å². The van der Waals surface area contributed by atoms with Gasteiger partial charge < -0.3 is 16.2 Å². The molecule has 0 aromatic heterocycles. The highest BCUT2D eigenvalue weighted by molar-refractivity contribution is 8.00. The number of rotatable bonds is 5. The minimum absolute atomic E-state index is 0.145. The second kappa shape index (κ2) is 7.00. The van der Waals surface area contributed by atoms with Crippen molar-refractivity contribution in [3.05, 3.63) is 53.6 Å². The fourth-order valence-corrected chi connectivity index (χ4v) is 2.49. The highest BCUT2D eigenvalue weighted by Crippen LogP contribution is 2.21. The fraction of sp³-hybridized carbons (Fsp3) is 0.125. The van der Waals surface area contributed by atoms with Crippen molar-refractivity contribution in [2.24, 2.45) is 0 Å². The van der Waals surface area contributed by atoms with Crippen molar-refractivity contribution in [1.82, 2.24) is 0 Å². The average Bonchev–Trinajstić information content (AvgIpc) is 2.48. The summed E-state index contributed by atoms with van der Waals surface area (Å²) in [5.41, 5.74) is 7.76. The first kappa shape index (κ1) is 15.9. The first-order valence-electron chi connectivity index (χ1n) is 6.58. The lowest BCUT2D eigenvalue weighted by molar-refractivity contribution is -0.113. The van der Waals surface area contributed by atoms with E-state index < -0.39 is 5.97 Å². The Hall–Kier alpha value is -2.47. The number of nitrogens with two attached hydrogens (primary N) is 1. The number of carbonyl (C=O) groups excluding carboxylic acids is 1. The number of carbonyl (C=O) groups is 2. The Balaban J connectivity index is 1.98. The van der Waals surface area contributed by atoms with E-state index in [-0.39, 0.29) is 17.2 Å². The van der Waals surface area contributed by atoms with Crippen LogP contribution in [0.4, 0.5) is 11.4 Å². The van der Waals surface area contributed by atoms with E-state index in [1.165, 1.54) is 23.9 Å². The van der Waals surface area contributed by atoms with Crippen molar-refractivity contribution in [3.8, 4) is 0 Å². The van der Waals surface area contributed by atoms with Gasteiger partial charge in [0.15, 0.2) is 0 Å². The van der Waals surface area contributed by atoms with Gasteiger partial charge in [-0.15, -0.1) is 11.8 Å². The number of nitrogens with one attached hydrogen (secondary N) is 1. The summed E-state index contributed by atoms with van der Waals surface area (Å²) < 4.78 is 0. The molecule has 2 aromatic rings. The first-order valence-corrected chi connectivity index (χ1v) is 7.56. The second-order valence-corrected chi connectivity index (χ2v) is 5.79. The van der Waals surface area contributed by atoms with Crippen LogP contribution in [-0.2, 0) is 4.79 Å². The maximum absolute atomic E-state index is 12.0. The summed E-state index contributed by atoms with van der Waals surface area (Å²) in [6.07, 6.45) is 0. The Morgan fingerprint density at radius 1 is 1.18 bits per heavy atom. The van der Waals surface area contributed by atoms with Gasteiger partial charge in [0, 0.05) is 16.3 Å². The molecular formula is C16H16N2O3S. The lowest BCUT2D eigenvalue weighted by Gasteiger charge is -2.09. The summed E-state index contributed by atoms with van der Waals surface area (Å²) in [6.45, 7) is 1.81. The highest BCUT2D eigenvalue weighted by Gasteiger charge is 2.09. The summed E-state index contributed by atoms with van der Waals surface area (Å²) >= 11 is 1.39. The SMILES string of the molecule is Cc1ccc(C(=O)O)cc1NC(=O)CSc1ccc(N)cc1. The van der Waals surface area contributed by atoms with Gasteiger partial charge in [-0.3, -0.25) is 4.79 Å². The Bertz CT molecular complexity index is 699. The van der Waals surface area contributed by atoms with E-state index >= 15 is 0 Å². The Morgan fingerprint density at radius 2 is 1.86 bits per heavy atom. The summed E-state index contributed by atoms with van der Waals surface area (Å²) in [5, 5.41) is 11.7. The van der Waals surface area contributed by atoms with Crippen molar-refractivity contribution >= 4 is 35.0 Å². The van der Waals surface area contributed by atoms with Crippen LogP contribution in [0.25, 0.3) is 0 Å². The van der Waals surface area contributed by atoms with E-state index in [1.807, 2.05) is 19.1 Å². The molecule has 0 aliphatic rings. The molecule has 0 unspecified atom stereocenters. The number of nitrogen functional groups attached to an aromatic ring is 1. The number of aryl methyl sites for hydroxylation is 1. The molecule has 0 heterocycles. The topological polar surface area (TPSA) is 92.4 Å². The molecule has 0 saturated heterocycles. The van der Waals surface area contributed by atoms with Gasteiger partial charge in [-0.2, -0.15) is 0 Å². The molecule has 0 aliphatic carbocycles. The van der Waals surface area contributed by atoms with Gasteiger partial charge in [-0.25, -0.2) is 4.79 Å². The van der Waals surface area contributed by atoms with E-state index in [1.54, 1.807) is 18.2 Å². The van der Waals surface area contributed by atoms with Crippen molar-refractivity contribution < 1.29 is 14.7 Å². The van der Waals surface area contributed by atoms with Crippen LogP contribution in [0, 0.1) is 6.92 Å². The van der Waals surface area contributed by atoms with Gasteiger partial charge >= 0.3 is 5.97 Å². The molecule has 1 amide bonds. The minimum atomic E-state index is -1.02. The second-order valence-electron chi connectivity index (χ2n) is 4.74. The van der Waals surface area contributed by atoms with Gasteiger partial charge in [0.1, 0.15) is 0 Å². The molecule has 114 valence electrons. The molecule has 6 heteroatoms. The molecule has 22 heavy (non-hydrogen) atoms. The highest BCUT2D eigenvalue weighted by atomic mass is 32.2. The van der Waals surface area contributed by atoms with E-state index in [4.69, 9.17) is 10.8 Å². The minimum Gasteiger partial charge on any atom is -0.478 e. The number of aromatic carboxylic acids is 1. The summed E-state index contributed by atoms with van der Waals surface area (Å²) in [5.74, 6) is -0.972. The number of amides is 1. The Labute approximate surface area is 132 Å². The van der Waals surface area contributed by atoms with Crippen molar-refractivity contribution in [3.63, 3.8) is 0 Å². The van der Waals surface area contributed by atoms with Crippen LogP contribution >= 0.6 is 11.8 Å². The number of benzene rings is 2. The molecule has 2 aromatic carbocycles. The molecule has 0 radical (unpaired) electrons. The molecule has 0 spiro atoms. The van der Waals surface area contributed by atoms with Crippen LogP contribution in [0.5, 0.6) is 0 Å². The Kier molecular flexibility index (Phi) is 5.06. The predicted octanol–water partition coefficient (Wildman–Crippen LogP) is 3.01. The molecule has 0 atom stereocenters. The van der Waals surface area contributed by atoms with Crippen molar-refractivity contribution in [1.29, 1.82) is 0 Å². The zero-order chi connectivity index (χ0) is 16.1. The molecule has 5 nitrogen and oxygen atoms in total. The van der Waals surface area contributed by atoms with E-state index in [0.717, 1.165) is 10.5 Å². The van der Waals surface area contributed by atoms with Gasteiger partial charge in [0.25, 0.3) is 0 Å². The van der Waals surface area contributed by atoms with Crippen LogP contribution in [0.3, 0.4) is 0 Å². The first-order chi connectivity index (χ1) is 10.5. The van der Waals surface area contributed by atoms with Crippen LogP contribution in [0.15, 0.2) is 47.4 Å². The zero-order valence-corrected chi connectivity index (χ0v) is 12.8.